The summed E-state index contributed by atoms with van der Waals surface area (Å²) in [5, 5.41) is 0. The average molecular weight is 471 g/mol. The van der Waals surface area contributed by atoms with Crippen molar-refractivity contribution in [2.45, 2.75) is 26.7 Å². The molecule has 2 aromatic rings. The van der Waals surface area contributed by atoms with Gasteiger partial charge in [0.25, 0.3) is 0 Å². The van der Waals surface area contributed by atoms with E-state index in [4.69, 9.17) is 4.74 Å². The summed E-state index contributed by atoms with van der Waals surface area (Å²) in [7, 11) is 0. The van der Waals surface area contributed by atoms with E-state index in [2.05, 4.69) is 12.2 Å². The molecule has 0 aromatic heterocycles. The normalized spacial score (nSPS) is 28.9. The van der Waals surface area contributed by atoms with E-state index in [0.717, 1.165) is 23.2 Å². The summed E-state index contributed by atoms with van der Waals surface area (Å²) in [5.41, 5.74) is 3.24. The number of aryl methyl sites for hydroxylation is 2. The molecule has 2 heterocycles. The molecule has 1 saturated carbocycles. The van der Waals surface area contributed by atoms with E-state index in [1.165, 1.54) is 4.90 Å². The van der Waals surface area contributed by atoms with Gasteiger partial charge >= 0.3 is 5.97 Å². The minimum absolute atomic E-state index is 0.0775. The van der Waals surface area contributed by atoms with Gasteiger partial charge in [-0.05, 0) is 61.4 Å². The highest BCUT2D eigenvalue weighted by Gasteiger charge is 2.59. The Bertz CT molecular complexity index is 1280. The maximum absolute atomic E-state index is 13.1. The van der Waals surface area contributed by atoms with Crippen molar-refractivity contribution in [3.8, 4) is 5.75 Å². The lowest BCUT2D eigenvalue weighted by Gasteiger charge is -2.20. The molecule has 7 heteroatoms. The first-order valence-electron chi connectivity index (χ1n) is 12.1. The van der Waals surface area contributed by atoms with E-state index < -0.39 is 11.9 Å². The van der Waals surface area contributed by atoms with Crippen LogP contribution in [-0.2, 0) is 19.2 Å². The molecule has 2 saturated heterocycles. The molecule has 7 nitrogen and oxygen atoms in total. The van der Waals surface area contributed by atoms with Crippen molar-refractivity contribution >= 4 is 35.1 Å². The number of anilines is 2. The van der Waals surface area contributed by atoms with Gasteiger partial charge in [-0.2, -0.15) is 0 Å². The molecule has 2 aliphatic heterocycles. The third-order valence-electron chi connectivity index (χ3n) is 7.88. The van der Waals surface area contributed by atoms with Crippen LogP contribution in [-0.4, -0.2) is 30.2 Å². The molecule has 0 N–H and O–H groups in total. The molecular weight excluding hydrogens is 444 g/mol. The minimum Gasteiger partial charge on any atom is -0.426 e. The summed E-state index contributed by atoms with van der Waals surface area (Å²) in [6.45, 7) is 4.16. The van der Waals surface area contributed by atoms with Crippen molar-refractivity contribution in [2.24, 2.45) is 29.6 Å². The van der Waals surface area contributed by atoms with Crippen LogP contribution in [0, 0.1) is 43.4 Å². The van der Waals surface area contributed by atoms with Gasteiger partial charge in [0.2, 0.25) is 17.7 Å². The lowest BCUT2D eigenvalue weighted by atomic mass is 9.85. The van der Waals surface area contributed by atoms with Gasteiger partial charge in [-0.3, -0.25) is 19.2 Å². The third kappa shape index (κ3) is 3.40. The van der Waals surface area contributed by atoms with Crippen molar-refractivity contribution in [2.75, 3.05) is 16.3 Å². The van der Waals surface area contributed by atoms with Gasteiger partial charge in [0.05, 0.1) is 23.4 Å². The van der Waals surface area contributed by atoms with Gasteiger partial charge in [-0.25, -0.2) is 4.90 Å². The van der Waals surface area contributed by atoms with Crippen LogP contribution < -0.4 is 14.5 Å². The zero-order valence-corrected chi connectivity index (χ0v) is 19.6. The number of fused-ring (bicyclic) bond motifs is 5. The zero-order chi connectivity index (χ0) is 24.4. The molecule has 4 aliphatic rings. The smallest absolute Gasteiger partial charge is 0.316 e. The maximum atomic E-state index is 13.1. The molecule has 2 aromatic carbocycles. The monoisotopic (exact) mass is 470 g/mol. The first-order valence-corrected chi connectivity index (χ1v) is 12.1. The highest BCUT2D eigenvalue weighted by molar-refractivity contribution is 6.22. The lowest BCUT2D eigenvalue weighted by Crippen LogP contribution is -2.32. The van der Waals surface area contributed by atoms with Gasteiger partial charge in [0, 0.05) is 24.7 Å². The predicted molar refractivity (Wildman–Crippen MR) is 129 cm³/mol. The Labute approximate surface area is 203 Å². The van der Waals surface area contributed by atoms with Crippen LogP contribution in [0.3, 0.4) is 0 Å². The van der Waals surface area contributed by atoms with Crippen LogP contribution >= 0.6 is 0 Å². The van der Waals surface area contributed by atoms with Crippen molar-refractivity contribution < 1.29 is 23.9 Å². The van der Waals surface area contributed by atoms with Crippen LogP contribution in [0.25, 0.3) is 0 Å². The predicted octanol–water partition coefficient (Wildman–Crippen LogP) is 3.57. The Morgan fingerprint density at radius 1 is 0.943 bits per heavy atom. The van der Waals surface area contributed by atoms with Gasteiger partial charge < -0.3 is 9.64 Å². The Morgan fingerprint density at radius 2 is 1.66 bits per heavy atom. The quantitative estimate of drug-likeness (QED) is 0.295. The van der Waals surface area contributed by atoms with E-state index in [1.807, 2.05) is 32.0 Å². The molecule has 0 spiro atoms. The van der Waals surface area contributed by atoms with E-state index in [1.54, 1.807) is 29.2 Å². The number of allylic oxidation sites excluding steroid dienone is 2. The van der Waals surface area contributed by atoms with Gasteiger partial charge in [-0.15, -0.1) is 0 Å². The van der Waals surface area contributed by atoms with E-state index in [-0.39, 0.29) is 60.1 Å². The van der Waals surface area contributed by atoms with E-state index in [0.29, 0.717) is 5.69 Å². The maximum Gasteiger partial charge on any atom is 0.316 e. The Hall–Kier alpha value is -3.74. The molecule has 3 fully saturated rings. The number of carbonyl (C=O) groups is 4. The number of imide groups is 1. The number of hydrogen-bond acceptors (Lipinski definition) is 5. The van der Waals surface area contributed by atoms with Crippen LogP contribution in [0.5, 0.6) is 5.75 Å². The summed E-state index contributed by atoms with van der Waals surface area (Å²) >= 11 is 0. The molecule has 0 unspecified atom stereocenters. The fraction of sp³-hybridized carbons (Fsp3) is 0.357. The Morgan fingerprint density at radius 3 is 2.37 bits per heavy atom. The highest BCUT2D eigenvalue weighted by atomic mass is 16.5. The fourth-order valence-corrected chi connectivity index (χ4v) is 6.15. The molecular formula is C28H26N2O5. The first-order chi connectivity index (χ1) is 16.8. The van der Waals surface area contributed by atoms with Crippen molar-refractivity contribution in [3.63, 3.8) is 0 Å². The van der Waals surface area contributed by atoms with Crippen molar-refractivity contribution in [1.82, 2.24) is 0 Å². The Balaban J connectivity index is 1.18. The molecule has 35 heavy (non-hydrogen) atoms. The SMILES string of the molecule is Cc1ccc(C)c(N2C[C@@H](C(=O)Oc3cccc(N4C(=O)[C@@H]5[C@H](C4=O)[C@H]4C=C[C@H]5C4)c3)CC2=O)c1. The summed E-state index contributed by atoms with van der Waals surface area (Å²) in [5.74, 6) is -1.62. The van der Waals surface area contributed by atoms with Crippen LogP contribution in [0.2, 0.25) is 0 Å². The van der Waals surface area contributed by atoms with E-state index in [9.17, 15) is 19.2 Å². The summed E-state index contributed by atoms with van der Waals surface area (Å²) in [6, 6.07) is 12.4. The van der Waals surface area contributed by atoms with Gasteiger partial charge in [-0.1, -0.05) is 30.4 Å². The van der Waals surface area contributed by atoms with Crippen molar-refractivity contribution in [1.29, 1.82) is 0 Å². The van der Waals surface area contributed by atoms with Crippen LogP contribution in [0.4, 0.5) is 11.4 Å². The number of amides is 3. The zero-order valence-electron chi connectivity index (χ0n) is 19.6. The fourth-order valence-electron chi connectivity index (χ4n) is 6.15. The number of ether oxygens (including phenoxy) is 1. The molecule has 2 aliphatic carbocycles. The number of carbonyl (C=O) groups excluding carboxylic acids is 4. The number of rotatable bonds is 4. The molecule has 3 amide bonds. The summed E-state index contributed by atoms with van der Waals surface area (Å²) in [6.07, 6.45) is 5.07. The molecule has 5 atom stereocenters. The van der Waals surface area contributed by atoms with Gasteiger partial charge in [0.15, 0.2) is 0 Å². The molecule has 178 valence electrons. The second kappa shape index (κ2) is 7.90. The number of nitrogens with zero attached hydrogens (tertiary/aromatic N) is 2. The van der Waals surface area contributed by atoms with Crippen molar-refractivity contribution in [3.05, 3.63) is 65.7 Å². The topological polar surface area (TPSA) is 84.0 Å². The number of esters is 1. The molecule has 2 bridgehead atoms. The second-order valence-corrected chi connectivity index (χ2v) is 10.1. The van der Waals surface area contributed by atoms with E-state index >= 15 is 0 Å². The standard InChI is InChI=1S/C28H26N2O5/c1-15-6-7-16(2)22(10-15)29-14-19(12-23(29)31)28(34)35-21-5-3-4-20(13-21)30-26(32)24-17-8-9-18(11-17)25(24)27(30)33/h3-10,13,17-19,24-25H,11-12,14H2,1-2H3/t17-,18-,19-,24-,25+/m0/s1. The summed E-state index contributed by atoms with van der Waals surface area (Å²) < 4.78 is 5.62. The minimum atomic E-state index is -0.595. The first kappa shape index (κ1) is 21.8. The molecule has 0 radical (unpaired) electrons. The van der Waals surface area contributed by atoms with Gasteiger partial charge in [0.1, 0.15) is 5.75 Å². The Kier molecular flexibility index (Phi) is 4.91. The molecule has 6 rings (SSSR count). The number of benzene rings is 2. The van der Waals surface area contributed by atoms with Crippen LogP contribution in [0.1, 0.15) is 24.0 Å². The lowest BCUT2D eigenvalue weighted by molar-refractivity contribution is -0.139. The average Bonchev–Trinajstić information content (AvgIpc) is 3.59. The largest absolute Gasteiger partial charge is 0.426 e. The summed E-state index contributed by atoms with van der Waals surface area (Å²) in [4.78, 5) is 54.8. The highest BCUT2D eigenvalue weighted by Crippen LogP contribution is 2.53. The van der Waals surface area contributed by atoms with Crippen LogP contribution in [0.15, 0.2) is 54.6 Å². The number of hydrogen-bond donors (Lipinski definition) is 0. The third-order valence-corrected chi connectivity index (χ3v) is 7.88. The second-order valence-electron chi connectivity index (χ2n) is 10.1.